The van der Waals surface area contributed by atoms with Crippen LogP contribution in [0.2, 0.25) is 5.02 Å². The number of benzene rings is 1. The number of amides is 1. The molecule has 3 nitrogen and oxygen atoms in total. The maximum Gasteiger partial charge on any atom is 0.246 e. The quantitative estimate of drug-likeness (QED) is 0.836. The van der Waals surface area contributed by atoms with Gasteiger partial charge in [-0.2, -0.15) is 0 Å². The normalized spacial score (nSPS) is 12.7. The van der Waals surface area contributed by atoms with Gasteiger partial charge in [-0.25, -0.2) is 0 Å². The Bertz CT molecular complexity index is 398. The summed E-state index contributed by atoms with van der Waals surface area (Å²) in [5, 5.41) is 9.82. The van der Waals surface area contributed by atoms with E-state index in [1.54, 1.807) is 32.2 Å². The number of aliphatic hydroxyl groups excluding tert-OH is 1. The van der Waals surface area contributed by atoms with E-state index in [1.165, 1.54) is 11.0 Å². The van der Waals surface area contributed by atoms with Gasteiger partial charge in [0.2, 0.25) is 5.91 Å². The maximum absolute atomic E-state index is 11.6. The Labute approximate surface area is 106 Å². The van der Waals surface area contributed by atoms with Crippen LogP contribution in [0.3, 0.4) is 0 Å². The predicted molar refractivity (Wildman–Crippen MR) is 69.8 cm³/mol. The first-order chi connectivity index (χ1) is 7.99. The van der Waals surface area contributed by atoms with Gasteiger partial charge in [0, 0.05) is 24.7 Å². The van der Waals surface area contributed by atoms with Crippen LogP contribution < -0.4 is 0 Å². The third-order valence-electron chi connectivity index (χ3n) is 2.20. The third kappa shape index (κ3) is 5.02. The molecule has 0 saturated heterocycles. The van der Waals surface area contributed by atoms with E-state index in [0.717, 1.165) is 5.56 Å². The molecule has 0 spiro atoms. The van der Waals surface area contributed by atoms with Crippen LogP contribution in [0.4, 0.5) is 0 Å². The molecule has 1 atom stereocenters. The van der Waals surface area contributed by atoms with Crippen molar-refractivity contribution < 1.29 is 9.90 Å². The SMILES string of the molecule is CC(O)CN(C)C(=O)C=Cc1ccc(Cl)cc1. The molecule has 1 amide bonds. The summed E-state index contributed by atoms with van der Waals surface area (Å²) in [7, 11) is 1.65. The van der Waals surface area contributed by atoms with Crippen LogP contribution in [0.25, 0.3) is 6.08 Å². The van der Waals surface area contributed by atoms with Gasteiger partial charge in [0.1, 0.15) is 0 Å². The minimum absolute atomic E-state index is 0.138. The largest absolute Gasteiger partial charge is 0.392 e. The highest BCUT2D eigenvalue weighted by Crippen LogP contribution is 2.10. The molecule has 0 aliphatic carbocycles. The number of carbonyl (C=O) groups excluding carboxylic acids is 1. The molecule has 92 valence electrons. The van der Waals surface area contributed by atoms with Crippen molar-refractivity contribution in [1.82, 2.24) is 4.90 Å². The molecule has 1 N–H and O–H groups in total. The molecule has 17 heavy (non-hydrogen) atoms. The van der Waals surface area contributed by atoms with Crippen LogP contribution in [-0.4, -0.2) is 35.6 Å². The summed E-state index contributed by atoms with van der Waals surface area (Å²) in [5.74, 6) is -0.138. The van der Waals surface area contributed by atoms with Crippen molar-refractivity contribution in [3.63, 3.8) is 0 Å². The number of hydrogen-bond acceptors (Lipinski definition) is 2. The van der Waals surface area contributed by atoms with Crippen LogP contribution in [-0.2, 0) is 4.79 Å². The summed E-state index contributed by atoms with van der Waals surface area (Å²) in [4.78, 5) is 13.1. The van der Waals surface area contributed by atoms with E-state index in [2.05, 4.69) is 0 Å². The first-order valence-electron chi connectivity index (χ1n) is 5.36. The molecule has 0 aliphatic heterocycles. The predicted octanol–water partition coefficient (Wildman–Crippen LogP) is 2.19. The standard InChI is InChI=1S/C13H16ClNO2/c1-10(16)9-15(2)13(17)8-5-11-3-6-12(14)7-4-11/h3-8,10,16H,9H2,1-2H3. The Kier molecular flexibility index (Phi) is 5.19. The summed E-state index contributed by atoms with van der Waals surface area (Å²) in [6.45, 7) is 1.97. The molecule has 1 aromatic carbocycles. The lowest BCUT2D eigenvalue weighted by atomic mass is 10.2. The molecule has 1 aromatic rings. The third-order valence-corrected chi connectivity index (χ3v) is 2.45. The highest BCUT2D eigenvalue weighted by Gasteiger charge is 2.06. The Balaban J connectivity index is 2.58. The van der Waals surface area contributed by atoms with Crippen molar-refractivity contribution in [2.75, 3.05) is 13.6 Å². The van der Waals surface area contributed by atoms with Crippen molar-refractivity contribution in [2.45, 2.75) is 13.0 Å². The molecular weight excluding hydrogens is 238 g/mol. The van der Waals surface area contributed by atoms with Crippen LogP contribution in [0, 0.1) is 0 Å². The van der Waals surface area contributed by atoms with Gasteiger partial charge >= 0.3 is 0 Å². The molecule has 0 heterocycles. The van der Waals surface area contributed by atoms with Gasteiger partial charge in [0.15, 0.2) is 0 Å². The van der Waals surface area contributed by atoms with Crippen LogP contribution in [0.5, 0.6) is 0 Å². The fraction of sp³-hybridized carbons (Fsp3) is 0.308. The molecule has 1 unspecified atom stereocenters. The van der Waals surface area contributed by atoms with Crippen molar-refractivity contribution in [1.29, 1.82) is 0 Å². The Hall–Kier alpha value is -1.32. The second kappa shape index (κ2) is 6.42. The first-order valence-corrected chi connectivity index (χ1v) is 5.73. The molecule has 0 aromatic heterocycles. The minimum Gasteiger partial charge on any atom is -0.392 e. The van der Waals surface area contributed by atoms with E-state index in [9.17, 15) is 4.79 Å². The average Bonchev–Trinajstić information content (AvgIpc) is 2.27. The molecular formula is C13H16ClNO2. The molecule has 1 rings (SSSR count). The Morgan fingerprint density at radius 2 is 2.06 bits per heavy atom. The van der Waals surface area contributed by atoms with E-state index in [4.69, 9.17) is 16.7 Å². The number of hydrogen-bond donors (Lipinski definition) is 1. The smallest absolute Gasteiger partial charge is 0.246 e. The molecule has 0 radical (unpaired) electrons. The van der Waals surface area contributed by atoms with Gasteiger partial charge in [-0.05, 0) is 30.7 Å². The van der Waals surface area contributed by atoms with Crippen LogP contribution in [0.1, 0.15) is 12.5 Å². The topological polar surface area (TPSA) is 40.5 Å². The first kappa shape index (κ1) is 13.7. The number of carbonyl (C=O) groups is 1. The second-order valence-corrected chi connectivity index (χ2v) is 4.39. The van der Waals surface area contributed by atoms with E-state index < -0.39 is 6.10 Å². The van der Waals surface area contributed by atoms with Crippen molar-refractivity contribution in [3.8, 4) is 0 Å². The van der Waals surface area contributed by atoms with Crippen molar-refractivity contribution in [2.24, 2.45) is 0 Å². The average molecular weight is 254 g/mol. The number of aliphatic hydroxyl groups is 1. The summed E-state index contributed by atoms with van der Waals surface area (Å²) in [5.41, 5.74) is 0.910. The zero-order valence-electron chi connectivity index (χ0n) is 9.93. The van der Waals surface area contributed by atoms with Crippen LogP contribution >= 0.6 is 11.6 Å². The van der Waals surface area contributed by atoms with Gasteiger partial charge in [-0.15, -0.1) is 0 Å². The fourth-order valence-electron chi connectivity index (χ4n) is 1.35. The molecule has 0 fully saturated rings. The highest BCUT2D eigenvalue weighted by atomic mass is 35.5. The van der Waals surface area contributed by atoms with Crippen molar-refractivity contribution in [3.05, 3.63) is 40.9 Å². The minimum atomic E-state index is -0.520. The Morgan fingerprint density at radius 1 is 1.47 bits per heavy atom. The molecule has 0 bridgehead atoms. The monoisotopic (exact) mass is 253 g/mol. The summed E-state index contributed by atoms with van der Waals surface area (Å²) in [6.07, 6.45) is 2.68. The number of likely N-dealkylation sites (N-methyl/N-ethyl adjacent to an activating group) is 1. The summed E-state index contributed by atoms with van der Waals surface area (Å²) < 4.78 is 0. The van der Waals surface area contributed by atoms with Gasteiger partial charge in [-0.1, -0.05) is 23.7 Å². The number of nitrogens with zero attached hydrogens (tertiary/aromatic N) is 1. The van der Waals surface area contributed by atoms with E-state index in [1.807, 2.05) is 12.1 Å². The summed E-state index contributed by atoms with van der Waals surface area (Å²) in [6, 6.07) is 7.21. The lowest BCUT2D eigenvalue weighted by molar-refractivity contribution is -0.125. The second-order valence-electron chi connectivity index (χ2n) is 3.95. The van der Waals surface area contributed by atoms with E-state index in [0.29, 0.717) is 11.6 Å². The van der Waals surface area contributed by atoms with E-state index in [-0.39, 0.29) is 5.91 Å². The van der Waals surface area contributed by atoms with Gasteiger partial charge in [0.05, 0.1) is 6.10 Å². The molecule has 0 saturated carbocycles. The highest BCUT2D eigenvalue weighted by molar-refractivity contribution is 6.30. The lowest BCUT2D eigenvalue weighted by Gasteiger charge is -2.16. The zero-order valence-corrected chi connectivity index (χ0v) is 10.7. The molecule has 0 aliphatic rings. The Morgan fingerprint density at radius 3 is 2.59 bits per heavy atom. The summed E-state index contributed by atoms with van der Waals surface area (Å²) >= 11 is 5.76. The number of rotatable bonds is 4. The zero-order chi connectivity index (χ0) is 12.8. The van der Waals surface area contributed by atoms with Gasteiger partial charge in [-0.3, -0.25) is 4.79 Å². The van der Waals surface area contributed by atoms with E-state index >= 15 is 0 Å². The maximum atomic E-state index is 11.6. The fourth-order valence-corrected chi connectivity index (χ4v) is 1.48. The lowest BCUT2D eigenvalue weighted by Crippen LogP contribution is -2.31. The van der Waals surface area contributed by atoms with Crippen molar-refractivity contribution >= 4 is 23.6 Å². The van der Waals surface area contributed by atoms with Gasteiger partial charge < -0.3 is 10.0 Å². The number of halogens is 1. The van der Waals surface area contributed by atoms with Crippen LogP contribution in [0.15, 0.2) is 30.3 Å². The molecule has 4 heteroatoms. The van der Waals surface area contributed by atoms with Gasteiger partial charge in [0.25, 0.3) is 0 Å².